The average Bonchev–Trinajstić information content (AvgIpc) is 3.32. The second-order valence-electron chi connectivity index (χ2n) is 6.98. The molecule has 0 amide bonds. The van der Waals surface area contributed by atoms with Crippen LogP contribution in [0.2, 0.25) is 0 Å². The summed E-state index contributed by atoms with van der Waals surface area (Å²) in [6.45, 7) is 2.31. The van der Waals surface area contributed by atoms with Gasteiger partial charge in [-0.15, -0.1) is 10.2 Å². The summed E-state index contributed by atoms with van der Waals surface area (Å²) < 4.78 is 2.16. The lowest BCUT2D eigenvalue weighted by molar-refractivity contribution is 0.507. The van der Waals surface area contributed by atoms with Crippen LogP contribution in [-0.4, -0.2) is 30.6 Å². The van der Waals surface area contributed by atoms with Gasteiger partial charge in [0.2, 0.25) is 0 Å². The molecule has 0 saturated heterocycles. The zero-order valence-electron chi connectivity index (χ0n) is 14.1. The molecule has 1 fully saturated rings. The maximum Gasteiger partial charge on any atom is 0.179 e. The van der Waals surface area contributed by atoms with E-state index in [1.54, 1.807) is 6.20 Å². The predicted octanol–water partition coefficient (Wildman–Crippen LogP) is 3.60. The van der Waals surface area contributed by atoms with Gasteiger partial charge in [0.15, 0.2) is 11.3 Å². The van der Waals surface area contributed by atoms with Crippen molar-refractivity contribution in [1.82, 2.24) is 24.6 Å². The Morgan fingerprint density at radius 2 is 2.00 bits per heavy atom. The molecule has 5 rings (SSSR count). The summed E-state index contributed by atoms with van der Waals surface area (Å²) in [5.41, 5.74) is 3.92. The third kappa shape index (κ3) is 2.36. The van der Waals surface area contributed by atoms with Crippen LogP contribution in [0.3, 0.4) is 0 Å². The molecular weight excluding hydrogens is 312 g/mol. The molecule has 0 bridgehead atoms. The number of para-hydroxylation sites is 1. The van der Waals surface area contributed by atoms with Gasteiger partial charge in [-0.05, 0) is 37.0 Å². The van der Waals surface area contributed by atoms with Gasteiger partial charge in [0.1, 0.15) is 5.82 Å². The fraction of sp³-hybridized carbons (Fsp3) is 0.316. The van der Waals surface area contributed by atoms with Gasteiger partial charge in [-0.2, -0.15) is 0 Å². The minimum atomic E-state index is 0.386. The number of H-pyrrole nitrogens is 1. The van der Waals surface area contributed by atoms with Gasteiger partial charge in [-0.1, -0.05) is 25.1 Å². The van der Waals surface area contributed by atoms with Gasteiger partial charge in [-0.3, -0.25) is 4.40 Å². The first-order valence-electron chi connectivity index (χ1n) is 8.78. The predicted molar refractivity (Wildman–Crippen MR) is 97.6 cm³/mol. The van der Waals surface area contributed by atoms with Crippen molar-refractivity contribution in [2.75, 3.05) is 5.32 Å². The second-order valence-corrected chi connectivity index (χ2v) is 6.98. The summed E-state index contributed by atoms with van der Waals surface area (Å²) in [4.78, 5) is 7.58. The van der Waals surface area contributed by atoms with E-state index in [4.69, 9.17) is 0 Å². The maximum atomic E-state index is 4.53. The van der Waals surface area contributed by atoms with Crippen LogP contribution in [0, 0.1) is 5.92 Å². The van der Waals surface area contributed by atoms with E-state index in [1.165, 1.54) is 5.69 Å². The number of hydrogen-bond acceptors (Lipinski definition) is 4. The number of fused-ring (bicyclic) bond motifs is 3. The van der Waals surface area contributed by atoms with Gasteiger partial charge in [0, 0.05) is 23.8 Å². The highest BCUT2D eigenvalue weighted by Gasteiger charge is 2.35. The highest BCUT2D eigenvalue weighted by molar-refractivity contribution is 5.74. The Kier molecular flexibility index (Phi) is 3.23. The molecule has 25 heavy (non-hydrogen) atoms. The topological polar surface area (TPSA) is 70.9 Å². The lowest BCUT2D eigenvalue weighted by Crippen LogP contribution is -2.15. The number of hydrogen-bond donors (Lipinski definition) is 2. The minimum Gasteiger partial charge on any atom is -0.382 e. The van der Waals surface area contributed by atoms with E-state index in [0.29, 0.717) is 17.9 Å². The van der Waals surface area contributed by atoms with Crippen LogP contribution < -0.4 is 5.32 Å². The van der Waals surface area contributed by atoms with Crippen molar-refractivity contribution in [3.8, 4) is 0 Å². The molecule has 0 unspecified atom stereocenters. The summed E-state index contributed by atoms with van der Waals surface area (Å²) in [5.74, 6) is 1.99. The van der Waals surface area contributed by atoms with E-state index in [0.717, 1.165) is 35.5 Å². The summed E-state index contributed by atoms with van der Waals surface area (Å²) in [5, 5.41) is 12.6. The molecule has 3 aromatic heterocycles. The van der Waals surface area contributed by atoms with Crippen LogP contribution in [0.4, 0.5) is 5.69 Å². The molecule has 0 aliphatic heterocycles. The molecule has 4 aromatic rings. The zero-order valence-corrected chi connectivity index (χ0v) is 14.1. The smallest absolute Gasteiger partial charge is 0.179 e. The van der Waals surface area contributed by atoms with Crippen molar-refractivity contribution < 1.29 is 0 Å². The van der Waals surface area contributed by atoms with Crippen LogP contribution in [0.25, 0.3) is 16.8 Å². The van der Waals surface area contributed by atoms with Crippen LogP contribution in [0.1, 0.15) is 31.5 Å². The summed E-state index contributed by atoms with van der Waals surface area (Å²) in [7, 11) is 0. The Morgan fingerprint density at radius 1 is 1.12 bits per heavy atom. The third-order valence-corrected chi connectivity index (χ3v) is 5.32. The molecule has 6 heteroatoms. The summed E-state index contributed by atoms with van der Waals surface area (Å²) >= 11 is 0. The highest BCUT2D eigenvalue weighted by Crippen LogP contribution is 2.40. The molecule has 0 spiro atoms. The maximum absolute atomic E-state index is 4.53. The molecule has 2 N–H and O–H groups in total. The fourth-order valence-corrected chi connectivity index (χ4v) is 4.13. The molecule has 126 valence electrons. The number of nitrogens with one attached hydrogen (secondary N) is 2. The van der Waals surface area contributed by atoms with Gasteiger partial charge in [0.25, 0.3) is 0 Å². The molecule has 0 radical (unpaired) electrons. The van der Waals surface area contributed by atoms with E-state index < -0.39 is 0 Å². The van der Waals surface area contributed by atoms with Crippen LogP contribution in [0.5, 0.6) is 0 Å². The van der Waals surface area contributed by atoms with Crippen molar-refractivity contribution in [1.29, 1.82) is 0 Å². The monoisotopic (exact) mass is 332 g/mol. The molecule has 6 nitrogen and oxygen atoms in total. The Morgan fingerprint density at radius 3 is 2.88 bits per heavy atom. The van der Waals surface area contributed by atoms with E-state index in [1.807, 2.05) is 18.3 Å². The number of rotatable bonds is 3. The molecule has 1 saturated carbocycles. The first-order chi connectivity index (χ1) is 12.3. The van der Waals surface area contributed by atoms with Gasteiger partial charge in [-0.25, -0.2) is 4.98 Å². The number of nitrogens with zero attached hydrogens (tertiary/aromatic N) is 4. The molecule has 1 aliphatic carbocycles. The third-order valence-electron chi connectivity index (χ3n) is 5.32. The lowest BCUT2D eigenvalue weighted by Gasteiger charge is -2.14. The van der Waals surface area contributed by atoms with Crippen LogP contribution in [-0.2, 0) is 0 Å². The van der Waals surface area contributed by atoms with E-state index in [2.05, 4.69) is 61.1 Å². The second kappa shape index (κ2) is 5.58. The molecule has 1 aromatic carbocycles. The van der Waals surface area contributed by atoms with Crippen molar-refractivity contribution in [3.05, 3.63) is 54.6 Å². The lowest BCUT2D eigenvalue weighted by atomic mass is 9.97. The average molecular weight is 332 g/mol. The van der Waals surface area contributed by atoms with Gasteiger partial charge in [0.05, 0.1) is 11.7 Å². The summed E-state index contributed by atoms with van der Waals surface area (Å²) in [6.07, 6.45) is 5.90. The Balaban J connectivity index is 1.49. The highest BCUT2D eigenvalue weighted by atomic mass is 15.3. The number of aromatic amines is 1. The van der Waals surface area contributed by atoms with Gasteiger partial charge >= 0.3 is 0 Å². The molecular formula is C19H20N6. The number of anilines is 1. The molecule has 3 atom stereocenters. The number of benzene rings is 1. The number of aromatic nitrogens is 5. The van der Waals surface area contributed by atoms with Crippen LogP contribution in [0.15, 0.2) is 48.8 Å². The first kappa shape index (κ1) is 14.5. The molecule has 3 heterocycles. The largest absolute Gasteiger partial charge is 0.382 e. The SMILES string of the molecule is C[C@@H]1C[C@@H](Nc2ccccc2)C[C@@H]1c1nnc2cnc3[nH]ccc3n12. The van der Waals surface area contributed by atoms with E-state index in [-0.39, 0.29) is 0 Å². The van der Waals surface area contributed by atoms with E-state index in [9.17, 15) is 0 Å². The minimum absolute atomic E-state index is 0.386. The normalized spacial score (nSPS) is 23.5. The molecule has 1 aliphatic rings. The van der Waals surface area contributed by atoms with E-state index >= 15 is 0 Å². The van der Waals surface area contributed by atoms with Gasteiger partial charge < -0.3 is 10.3 Å². The standard InChI is InChI=1S/C19H20N6/c1-12-9-14(22-13-5-3-2-4-6-13)10-15(12)19-24-23-17-11-21-18-16(25(17)19)7-8-20-18/h2-8,11-12,14-15,20,22H,9-10H2,1H3/t12-,14-,15+/m1/s1. The quantitative estimate of drug-likeness (QED) is 0.601. The summed E-state index contributed by atoms with van der Waals surface area (Å²) in [6, 6.07) is 12.9. The van der Waals surface area contributed by atoms with Crippen molar-refractivity contribution in [2.24, 2.45) is 5.92 Å². The zero-order chi connectivity index (χ0) is 16.8. The van der Waals surface area contributed by atoms with Crippen molar-refractivity contribution in [3.63, 3.8) is 0 Å². The Labute approximate surface area is 145 Å². The van der Waals surface area contributed by atoms with Crippen LogP contribution >= 0.6 is 0 Å². The fourth-order valence-electron chi connectivity index (χ4n) is 4.13. The Bertz CT molecular complexity index is 1020. The van der Waals surface area contributed by atoms with Crippen molar-refractivity contribution in [2.45, 2.75) is 31.7 Å². The Hall–Kier alpha value is -2.89. The first-order valence-corrected chi connectivity index (χ1v) is 8.78. The van der Waals surface area contributed by atoms with Crippen molar-refractivity contribution >= 4 is 22.5 Å².